The van der Waals surface area contributed by atoms with Gasteiger partial charge >= 0.3 is 0 Å². The summed E-state index contributed by atoms with van der Waals surface area (Å²) in [6, 6.07) is 11.0. The fourth-order valence-corrected chi connectivity index (χ4v) is 7.89. The number of nitrogens with zero attached hydrogens (tertiary/aromatic N) is 5. The molecule has 0 spiro atoms. The van der Waals surface area contributed by atoms with Gasteiger partial charge in [-0.15, -0.1) is 0 Å². The van der Waals surface area contributed by atoms with E-state index in [2.05, 4.69) is 26.3 Å². The van der Waals surface area contributed by atoms with Crippen molar-refractivity contribution < 1.29 is 23.6 Å². The summed E-state index contributed by atoms with van der Waals surface area (Å²) in [5.74, 6) is -3.11. The van der Waals surface area contributed by atoms with Crippen molar-refractivity contribution in [2.24, 2.45) is 17.4 Å². The molecule has 2 aliphatic heterocycles. The number of hydrogen-bond donors (Lipinski definition) is 4. The molecule has 2 amide bonds. The van der Waals surface area contributed by atoms with E-state index in [0.29, 0.717) is 57.7 Å². The van der Waals surface area contributed by atoms with Gasteiger partial charge in [0.05, 0.1) is 0 Å². The summed E-state index contributed by atoms with van der Waals surface area (Å²) in [7, 11) is 0. The quantitative estimate of drug-likeness (QED) is 0.0737. The van der Waals surface area contributed by atoms with Gasteiger partial charge in [0.25, 0.3) is 5.92 Å². The summed E-state index contributed by atoms with van der Waals surface area (Å²) >= 11 is 7.89. The maximum Gasteiger partial charge on any atom is 0.276 e. The van der Waals surface area contributed by atoms with Crippen LogP contribution in [0.1, 0.15) is 76.2 Å². The predicted octanol–water partition coefficient (Wildman–Crippen LogP) is 5.63. The van der Waals surface area contributed by atoms with Gasteiger partial charge in [0.15, 0.2) is 0 Å². The van der Waals surface area contributed by atoms with Crippen molar-refractivity contribution in [3.05, 3.63) is 47.1 Å². The first-order valence-corrected chi connectivity index (χ1v) is 19.5. The number of rotatable bonds is 16. The average molecular weight is 753 g/mol. The number of anilines is 2. The Labute approximate surface area is 310 Å². The number of hydrogen-bond acceptors (Lipinski definition) is 10. The molecule has 3 aliphatic rings. The molecule has 1 aliphatic carbocycles. The Morgan fingerprint density at radius 3 is 2.20 bits per heavy atom. The number of amides is 2. The number of piperazine rings is 1. The smallest absolute Gasteiger partial charge is 0.276 e. The van der Waals surface area contributed by atoms with Gasteiger partial charge in [0.2, 0.25) is 11.8 Å². The number of alkyl halides is 2. The van der Waals surface area contributed by atoms with Crippen LogP contribution in [0, 0.1) is 5.92 Å². The van der Waals surface area contributed by atoms with E-state index >= 15 is 8.78 Å². The maximum absolute atomic E-state index is 15.3. The fourth-order valence-electron chi connectivity index (χ4n) is 6.79. The van der Waals surface area contributed by atoms with E-state index in [1.54, 1.807) is 23.5 Å². The number of nitrogens with two attached hydrogens (primary N) is 2. The second-order valence-corrected chi connectivity index (χ2v) is 15.0. The van der Waals surface area contributed by atoms with Gasteiger partial charge in [-0.1, -0.05) is 30.9 Å². The molecule has 0 bridgehead atoms. The van der Waals surface area contributed by atoms with Crippen molar-refractivity contribution in [3.63, 3.8) is 0 Å². The molecule has 0 atom stereocenters. The Hall–Kier alpha value is -2.59. The molecule has 1 aromatic heterocycles. The maximum atomic E-state index is 15.3. The van der Waals surface area contributed by atoms with Crippen LogP contribution in [0.4, 0.5) is 20.3 Å². The lowest BCUT2D eigenvalue weighted by Crippen LogP contribution is -2.44. The standard InChI is InChI=1S/C26H31ClF2N4OS.C10H24N4O2/c27-23-17-20(26(28,29)19-5-2-1-3-6-19)18-24(30-23)31-13-15-32(16-14-31)35-22-10-8-21(9-11-22)33-12-4-7-25(33)34;11-5-2-8-14(9-3-6-12)7-1-4-10(15)13-16/h8-11,17-19H,1-7,12-16H2;16H,1-9,11-12H2,(H,13,15). The first-order chi connectivity index (χ1) is 24.6. The van der Waals surface area contributed by atoms with E-state index < -0.39 is 11.8 Å². The van der Waals surface area contributed by atoms with Gasteiger partial charge in [0.1, 0.15) is 11.0 Å². The van der Waals surface area contributed by atoms with E-state index in [0.717, 1.165) is 94.8 Å². The Kier molecular flexibility index (Phi) is 17.1. The number of nitrogens with one attached hydrogen (secondary N) is 1. The van der Waals surface area contributed by atoms with E-state index in [1.165, 1.54) is 6.07 Å². The number of hydroxylamine groups is 1. The van der Waals surface area contributed by atoms with Gasteiger partial charge in [-0.3, -0.25) is 14.8 Å². The monoisotopic (exact) mass is 752 g/mol. The number of carbonyl (C=O) groups excluding carboxylic acids is 2. The Morgan fingerprint density at radius 2 is 1.61 bits per heavy atom. The SMILES string of the molecule is NCCCN(CCCN)CCCC(=O)NO.O=C1CCCN1c1ccc(SN2CCN(c3cc(C(F)(F)C4CCCCC4)cc(Cl)n3)CC2)cc1. The van der Waals surface area contributed by atoms with Gasteiger partial charge in [-0.2, -0.15) is 0 Å². The molecular formula is C36H55ClF2N8O3S. The van der Waals surface area contributed by atoms with Crippen molar-refractivity contribution in [1.82, 2.24) is 19.7 Å². The molecule has 284 valence electrons. The summed E-state index contributed by atoms with van der Waals surface area (Å²) < 4.78 is 32.8. The Balaban J connectivity index is 0.000000310. The molecule has 0 unspecified atom stereocenters. The number of carbonyl (C=O) groups is 2. The minimum Gasteiger partial charge on any atom is -0.354 e. The molecule has 3 fully saturated rings. The highest BCUT2D eigenvalue weighted by molar-refractivity contribution is 7.97. The van der Waals surface area contributed by atoms with Crippen molar-refractivity contribution in [2.45, 2.75) is 81.4 Å². The molecular weight excluding hydrogens is 698 g/mol. The van der Waals surface area contributed by atoms with E-state index in [1.807, 2.05) is 21.9 Å². The number of aromatic nitrogens is 1. The highest BCUT2D eigenvalue weighted by Gasteiger charge is 2.42. The third kappa shape index (κ3) is 12.8. The van der Waals surface area contributed by atoms with Crippen LogP contribution in [-0.4, -0.2) is 96.7 Å². The molecule has 1 saturated carbocycles. The number of benzene rings is 1. The lowest BCUT2D eigenvalue weighted by molar-refractivity contribution is -0.129. The third-order valence-corrected chi connectivity index (χ3v) is 11.0. The molecule has 1 aromatic carbocycles. The van der Waals surface area contributed by atoms with Gasteiger partial charge in [0, 0.05) is 67.6 Å². The molecule has 3 heterocycles. The molecule has 51 heavy (non-hydrogen) atoms. The number of halogens is 3. The highest BCUT2D eigenvalue weighted by Crippen LogP contribution is 2.45. The van der Waals surface area contributed by atoms with Crippen LogP contribution in [0.2, 0.25) is 5.15 Å². The van der Waals surface area contributed by atoms with Crippen LogP contribution in [0.5, 0.6) is 0 Å². The Morgan fingerprint density at radius 1 is 0.961 bits per heavy atom. The normalized spacial score (nSPS) is 17.5. The second kappa shape index (κ2) is 21.2. The predicted molar refractivity (Wildman–Crippen MR) is 200 cm³/mol. The highest BCUT2D eigenvalue weighted by atomic mass is 35.5. The van der Waals surface area contributed by atoms with Crippen molar-refractivity contribution in [3.8, 4) is 0 Å². The minimum absolute atomic E-state index is 0.00669. The topological polar surface area (TPSA) is 144 Å². The zero-order chi connectivity index (χ0) is 36.6. The van der Waals surface area contributed by atoms with Gasteiger partial charge < -0.3 is 26.2 Å². The van der Waals surface area contributed by atoms with Crippen LogP contribution in [0.15, 0.2) is 41.3 Å². The second-order valence-electron chi connectivity index (χ2n) is 13.4. The molecule has 2 saturated heterocycles. The van der Waals surface area contributed by atoms with Crippen LogP contribution < -0.4 is 26.7 Å². The molecule has 15 heteroatoms. The first-order valence-electron chi connectivity index (χ1n) is 18.3. The van der Waals surface area contributed by atoms with Crippen LogP contribution in [0.3, 0.4) is 0 Å². The summed E-state index contributed by atoms with van der Waals surface area (Å²) in [6.07, 6.45) is 8.44. The molecule has 6 N–H and O–H groups in total. The third-order valence-electron chi connectivity index (χ3n) is 9.66. The lowest BCUT2D eigenvalue weighted by Gasteiger charge is -2.35. The summed E-state index contributed by atoms with van der Waals surface area (Å²) in [6.45, 7) is 7.80. The number of pyridine rings is 1. The Bertz CT molecular complexity index is 1360. The van der Waals surface area contributed by atoms with Crippen LogP contribution in [0.25, 0.3) is 0 Å². The fraction of sp³-hybridized carbons (Fsp3) is 0.639. The van der Waals surface area contributed by atoms with Gasteiger partial charge in [-0.25, -0.2) is 23.6 Å². The van der Waals surface area contributed by atoms with Crippen molar-refractivity contribution in [2.75, 3.05) is 75.2 Å². The zero-order valence-corrected chi connectivity index (χ0v) is 31.2. The van der Waals surface area contributed by atoms with E-state index in [9.17, 15) is 9.59 Å². The summed E-state index contributed by atoms with van der Waals surface area (Å²) in [5, 5.41) is 8.46. The van der Waals surface area contributed by atoms with Gasteiger partial charge in [-0.05, 0) is 120 Å². The molecule has 0 radical (unpaired) electrons. The largest absolute Gasteiger partial charge is 0.354 e. The van der Waals surface area contributed by atoms with Crippen LogP contribution >= 0.6 is 23.5 Å². The van der Waals surface area contributed by atoms with E-state index in [-0.39, 0.29) is 22.5 Å². The van der Waals surface area contributed by atoms with Crippen molar-refractivity contribution >= 4 is 46.9 Å². The summed E-state index contributed by atoms with van der Waals surface area (Å²) in [4.78, 5) is 34.4. The van der Waals surface area contributed by atoms with Crippen LogP contribution in [-0.2, 0) is 15.5 Å². The minimum atomic E-state index is -2.88. The van der Waals surface area contributed by atoms with E-state index in [4.69, 9.17) is 28.3 Å². The lowest BCUT2D eigenvalue weighted by atomic mass is 9.82. The zero-order valence-electron chi connectivity index (χ0n) is 29.6. The average Bonchev–Trinajstić information content (AvgIpc) is 3.59. The first kappa shape index (κ1) is 41.2. The molecule has 2 aromatic rings. The molecule has 5 rings (SSSR count). The van der Waals surface area contributed by atoms with Crippen molar-refractivity contribution in [1.29, 1.82) is 0 Å². The summed E-state index contributed by atoms with van der Waals surface area (Å²) in [5.41, 5.74) is 13.5. The molecule has 11 nitrogen and oxygen atoms in total.